The van der Waals surface area contributed by atoms with E-state index in [-0.39, 0.29) is 17.2 Å². The number of carbonyl (C=O) groups is 1. The minimum atomic E-state index is -3.77. The first kappa shape index (κ1) is 14.6. The van der Waals surface area contributed by atoms with Gasteiger partial charge < -0.3 is 5.32 Å². The molecule has 2 N–H and O–H groups in total. The van der Waals surface area contributed by atoms with Crippen molar-refractivity contribution >= 4 is 38.2 Å². The van der Waals surface area contributed by atoms with Gasteiger partial charge in [0, 0.05) is 17.3 Å². The summed E-state index contributed by atoms with van der Waals surface area (Å²) in [4.78, 5) is 15.8. The Bertz CT molecular complexity index is 1070. The lowest BCUT2D eigenvalue weighted by atomic mass is 10.2. The van der Waals surface area contributed by atoms with Crippen LogP contribution < -0.4 is 10.0 Å². The van der Waals surface area contributed by atoms with Gasteiger partial charge in [-0.2, -0.15) is 0 Å². The second kappa shape index (κ2) is 5.31. The van der Waals surface area contributed by atoms with Crippen LogP contribution in [-0.4, -0.2) is 19.3 Å². The van der Waals surface area contributed by atoms with Crippen molar-refractivity contribution in [2.24, 2.45) is 0 Å². The molecule has 0 aliphatic carbocycles. The van der Waals surface area contributed by atoms with E-state index >= 15 is 0 Å². The van der Waals surface area contributed by atoms with E-state index in [0.29, 0.717) is 22.5 Å². The molecule has 1 aromatic heterocycles. The van der Waals surface area contributed by atoms with Gasteiger partial charge in [0.25, 0.3) is 10.0 Å². The van der Waals surface area contributed by atoms with Crippen molar-refractivity contribution in [2.75, 3.05) is 10.0 Å². The highest BCUT2D eigenvalue weighted by Gasteiger charge is 2.22. The minimum absolute atomic E-state index is 0.116. The molecule has 0 saturated heterocycles. The first-order chi connectivity index (χ1) is 11.5. The van der Waals surface area contributed by atoms with Crippen LogP contribution in [-0.2, 0) is 21.2 Å². The van der Waals surface area contributed by atoms with Gasteiger partial charge in [0.15, 0.2) is 0 Å². The lowest BCUT2D eigenvalue weighted by Gasteiger charge is -2.11. The van der Waals surface area contributed by atoms with Crippen LogP contribution in [0.4, 0.5) is 11.4 Å². The van der Waals surface area contributed by atoms with Gasteiger partial charge in [-0.1, -0.05) is 18.2 Å². The molecule has 0 unspecified atom stereocenters. The average Bonchev–Trinajstić information content (AvgIpc) is 2.94. The van der Waals surface area contributed by atoms with Crippen LogP contribution in [0.15, 0.2) is 59.6 Å². The Morgan fingerprint density at radius 1 is 1.08 bits per heavy atom. The summed E-state index contributed by atoms with van der Waals surface area (Å²) in [6.07, 6.45) is 1.81. The molecule has 3 aromatic rings. The van der Waals surface area contributed by atoms with E-state index in [1.54, 1.807) is 30.5 Å². The van der Waals surface area contributed by atoms with Gasteiger partial charge >= 0.3 is 0 Å². The molecule has 1 aliphatic rings. The standard InChI is InChI=1S/C17H13N3O3S/c21-16-10-12-9-13(6-7-14(12)19-16)24(22,23)20-15-5-1-3-11-4-2-8-18-17(11)15/h1-9,20H,10H2,(H,19,21). The number of sulfonamides is 1. The van der Waals surface area contributed by atoms with Crippen molar-refractivity contribution in [3.63, 3.8) is 0 Å². The molecule has 0 radical (unpaired) electrons. The second-order valence-electron chi connectivity index (χ2n) is 5.53. The van der Waals surface area contributed by atoms with Gasteiger partial charge in [-0.25, -0.2) is 8.42 Å². The third-order valence-corrected chi connectivity index (χ3v) is 5.25. The largest absolute Gasteiger partial charge is 0.326 e. The molecule has 0 fully saturated rings. The van der Waals surface area contributed by atoms with Gasteiger partial charge in [-0.05, 0) is 35.9 Å². The Balaban J connectivity index is 1.73. The van der Waals surface area contributed by atoms with Crippen LogP contribution in [0.3, 0.4) is 0 Å². The minimum Gasteiger partial charge on any atom is -0.326 e. The molecule has 4 rings (SSSR count). The fourth-order valence-corrected chi connectivity index (χ4v) is 3.88. The molecule has 1 amide bonds. The number of carbonyl (C=O) groups excluding carboxylic acids is 1. The number of hydrogen-bond acceptors (Lipinski definition) is 4. The fraction of sp³-hybridized carbons (Fsp3) is 0.0588. The number of rotatable bonds is 3. The number of benzene rings is 2. The molecule has 24 heavy (non-hydrogen) atoms. The van der Waals surface area contributed by atoms with Gasteiger partial charge in [0.1, 0.15) is 0 Å². The highest BCUT2D eigenvalue weighted by atomic mass is 32.2. The van der Waals surface area contributed by atoms with E-state index < -0.39 is 10.0 Å². The Morgan fingerprint density at radius 3 is 2.79 bits per heavy atom. The summed E-state index contributed by atoms with van der Waals surface area (Å²) in [6, 6.07) is 13.6. The molecule has 6 nitrogen and oxygen atoms in total. The smallest absolute Gasteiger partial charge is 0.261 e. The Morgan fingerprint density at radius 2 is 1.92 bits per heavy atom. The van der Waals surface area contributed by atoms with E-state index in [0.717, 1.165) is 5.39 Å². The molecule has 120 valence electrons. The maximum atomic E-state index is 12.7. The van der Waals surface area contributed by atoms with Crippen molar-refractivity contribution in [3.8, 4) is 0 Å². The molecule has 0 atom stereocenters. The van der Waals surface area contributed by atoms with Crippen LogP contribution in [0, 0.1) is 0 Å². The van der Waals surface area contributed by atoms with Gasteiger partial charge in [0.2, 0.25) is 5.91 Å². The second-order valence-corrected chi connectivity index (χ2v) is 7.21. The number of hydrogen-bond donors (Lipinski definition) is 2. The van der Waals surface area contributed by atoms with E-state index in [1.165, 1.54) is 12.1 Å². The average molecular weight is 339 g/mol. The molecular formula is C17H13N3O3S. The predicted molar refractivity (Wildman–Crippen MR) is 91.3 cm³/mol. The molecule has 1 aliphatic heterocycles. The molecule has 0 bridgehead atoms. The Kier molecular flexibility index (Phi) is 3.24. The molecule has 7 heteroatoms. The normalized spacial score (nSPS) is 13.6. The number of anilines is 2. The third-order valence-electron chi connectivity index (χ3n) is 3.89. The molecule has 0 spiro atoms. The highest BCUT2D eigenvalue weighted by Crippen LogP contribution is 2.28. The van der Waals surface area contributed by atoms with E-state index in [1.807, 2.05) is 12.1 Å². The Labute approximate surface area is 138 Å². The fourth-order valence-electron chi connectivity index (χ4n) is 2.76. The van der Waals surface area contributed by atoms with Crippen molar-refractivity contribution in [1.82, 2.24) is 4.98 Å². The van der Waals surface area contributed by atoms with E-state index in [9.17, 15) is 13.2 Å². The number of aromatic nitrogens is 1. The topological polar surface area (TPSA) is 88.2 Å². The Hall–Kier alpha value is -2.93. The quantitative estimate of drug-likeness (QED) is 0.767. The summed E-state index contributed by atoms with van der Waals surface area (Å²) < 4.78 is 27.9. The summed E-state index contributed by atoms with van der Waals surface area (Å²) >= 11 is 0. The van der Waals surface area contributed by atoms with Crippen molar-refractivity contribution in [2.45, 2.75) is 11.3 Å². The lowest BCUT2D eigenvalue weighted by Crippen LogP contribution is -2.13. The predicted octanol–water partition coefficient (Wildman–Crippen LogP) is 2.53. The number of amides is 1. The third kappa shape index (κ3) is 2.48. The molecule has 2 heterocycles. The first-order valence-corrected chi connectivity index (χ1v) is 8.81. The summed E-state index contributed by atoms with van der Waals surface area (Å²) in [7, 11) is -3.77. The SMILES string of the molecule is O=C1Cc2cc(S(=O)(=O)Nc3cccc4cccnc34)ccc2N1. The maximum Gasteiger partial charge on any atom is 0.261 e. The summed E-state index contributed by atoms with van der Waals surface area (Å²) in [5.41, 5.74) is 2.34. The zero-order valence-corrected chi connectivity index (χ0v) is 13.3. The van der Waals surface area contributed by atoms with E-state index in [4.69, 9.17) is 0 Å². The van der Waals surface area contributed by atoms with Crippen molar-refractivity contribution < 1.29 is 13.2 Å². The van der Waals surface area contributed by atoms with Crippen molar-refractivity contribution in [3.05, 3.63) is 60.3 Å². The summed E-state index contributed by atoms with van der Waals surface area (Å²) in [5, 5.41) is 3.53. The van der Waals surface area contributed by atoms with E-state index in [2.05, 4.69) is 15.0 Å². The molecular weight excluding hydrogens is 326 g/mol. The van der Waals surface area contributed by atoms with Crippen LogP contribution in [0.2, 0.25) is 0 Å². The van der Waals surface area contributed by atoms with Crippen LogP contribution in [0.1, 0.15) is 5.56 Å². The highest BCUT2D eigenvalue weighted by molar-refractivity contribution is 7.92. The van der Waals surface area contributed by atoms with Gasteiger partial charge in [0.05, 0.1) is 22.5 Å². The first-order valence-electron chi connectivity index (χ1n) is 7.32. The number of nitrogens with zero attached hydrogens (tertiary/aromatic N) is 1. The maximum absolute atomic E-state index is 12.7. The molecule has 2 aromatic carbocycles. The molecule has 0 saturated carbocycles. The lowest BCUT2D eigenvalue weighted by molar-refractivity contribution is -0.115. The number of nitrogens with one attached hydrogen (secondary N) is 2. The zero-order chi connectivity index (χ0) is 16.7. The van der Waals surface area contributed by atoms with Gasteiger partial charge in [-0.15, -0.1) is 0 Å². The monoisotopic (exact) mass is 339 g/mol. The van der Waals surface area contributed by atoms with Crippen LogP contribution >= 0.6 is 0 Å². The number of fused-ring (bicyclic) bond motifs is 2. The summed E-state index contributed by atoms with van der Waals surface area (Å²) in [5.74, 6) is -0.134. The zero-order valence-electron chi connectivity index (χ0n) is 12.5. The van der Waals surface area contributed by atoms with Crippen molar-refractivity contribution in [1.29, 1.82) is 0 Å². The number of pyridine rings is 1. The van der Waals surface area contributed by atoms with Crippen LogP contribution in [0.5, 0.6) is 0 Å². The van der Waals surface area contributed by atoms with Gasteiger partial charge in [-0.3, -0.25) is 14.5 Å². The number of para-hydroxylation sites is 1. The summed E-state index contributed by atoms with van der Waals surface area (Å²) in [6.45, 7) is 0. The van der Waals surface area contributed by atoms with Crippen LogP contribution in [0.25, 0.3) is 10.9 Å².